The van der Waals surface area contributed by atoms with Gasteiger partial charge in [-0.25, -0.2) is 4.79 Å². The predicted molar refractivity (Wildman–Crippen MR) is 138 cm³/mol. The molecule has 8 heteroatoms. The zero-order valence-electron chi connectivity index (χ0n) is 19.8. The number of hydrogen-bond acceptors (Lipinski definition) is 5. The first kappa shape index (κ1) is 26.9. The summed E-state index contributed by atoms with van der Waals surface area (Å²) in [6, 6.07) is 21.5. The molecule has 1 heterocycles. The van der Waals surface area contributed by atoms with E-state index in [1.807, 2.05) is 49.5 Å². The number of carbonyl (C=O) groups is 2. The van der Waals surface area contributed by atoms with Crippen LogP contribution in [0, 0.1) is 6.92 Å². The van der Waals surface area contributed by atoms with Crippen molar-refractivity contribution < 1.29 is 14.7 Å². The van der Waals surface area contributed by atoms with E-state index in [0.29, 0.717) is 38.2 Å². The molecule has 0 spiro atoms. The van der Waals surface area contributed by atoms with Gasteiger partial charge in [0.25, 0.3) is 5.56 Å². The molecule has 1 aromatic heterocycles. The van der Waals surface area contributed by atoms with Crippen molar-refractivity contribution in [1.82, 2.24) is 15.2 Å². The first-order valence-corrected chi connectivity index (χ1v) is 11.2. The molecule has 5 N–H and O–H groups in total. The molecule has 0 saturated carbocycles. The highest BCUT2D eigenvalue weighted by Crippen LogP contribution is 2.20. The van der Waals surface area contributed by atoms with Gasteiger partial charge in [0.2, 0.25) is 6.41 Å². The van der Waals surface area contributed by atoms with Gasteiger partial charge in [-0.15, -0.1) is 0 Å². The maximum Gasteiger partial charge on any atom is 0.326 e. The molecular weight excluding hydrogens is 444 g/mol. The molecule has 1 atom stereocenters. The maximum atomic E-state index is 12.1. The number of amides is 1. The Morgan fingerprint density at radius 1 is 1.11 bits per heavy atom. The van der Waals surface area contributed by atoms with Gasteiger partial charge in [-0.2, -0.15) is 0 Å². The maximum absolute atomic E-state index is 12.1. The van der Waals surface area contributed by atoms with E-state index >= 15 is 0 Å². The van der Waals surface area contributed by atoms with Crippen LogP contribution in [0.2, 0.25) is 0 Å². The third-order valence-electron chi connectivity index (χ3n) is 5.19. The van der Waals surface area contributed by atoms with Crippen molar-refractivity contribution in [2.75, 3.05) is 6.54 Å². The molecule has 0 aliphatic heterocycles. The Balaban J connectivity index is 0.000000271. The molecule has 3 aromatic rings. The summed E-state index contributed by atoms with van der Waals surface area (Å²) in [5.74, 6) is -0.691. The van der Waals surface area contributed by atoms with Crippen LogP contribution in [0.15, 0.2) is 90.1 Å². The second-order valence-electron chi connectivity index (χ2n) is 7.96. The SMILES string of the molecule is C=C(N)NCCCC(NC=O)C(=O)O.Cc1cccn(Cc2cccc(-c3ccccc3)c2)c1=O. The minimum Gasteiger partial charge on any atom is -0.480 e. The Labute approximate surface area is 205 Å². The van der Waals surface area contributed by atoms with Crippen LogP contribution in [0.4, 0.5) is 0 Å². The molecule has 0 fully saturated rings. The Morgan fingerprint density at radius 3 is 2.49 bits per heavy atom. The highest BCUT2D eigenvalue weighted by molar-refractivity contribution is 5.76. The summed E-state index contributed by atoms with van der Waals surface area (Å²) in [5, 5.41) is 13.6. The van der Waals surface area contributed by atoms with Gasteiger partial charge in [-0.05, 0) is 48.6 Å². The second-order valence-corrected chi connectivity index (χ2v) is 7.96. The summed E-state index contributed by atoms with van der Waals surface area (Å²) in [6.45, 7) is 6.41. The van der Waals surface area contributed by atoms with Gasteiger partial charge in [0, 0.05) is 18.3 Å². The van der Waals surface area contributed by atoms with E-state index < -0.39 is 12.0 Å². The fourth-order valence-electron chi connectivity index (χ4n) is 3.37. The molecular formula is C27H32N4O4. The van der Waals surface area contributed by atoms with Crippen molar-refractivity contribution in [1.29, 1.82) is 0 Å². The molecule has 0 bridgehead atoms. The van der Waals surface area contributed by atoms with E-state index in [0.717, 1.165) is 11.1 Å². The first-order chi connectivity index (χ1) is 16.8. The van der Waals surface area contributed by atoms with E-state index in [-0.39, 0.29) is 5.56 Å². The van der Waals surface area contributed by atoms with Crippen LogP contribution in [0.25, 0.3) is 11.1 Å². The van der Waals surface area contributed by atoms with Crippen molar-refractivity contribution in [3.8, 4) is 11.1 Å². The number of benzene rings is 2. The smallest absolute Gasteiger partial charge is 0.326 e. The molecule has 0 aliphatic rings. The molecule has 2 aromatic carbocycles. The lowest BCUT2D eigenvalue weighted by Crippen LogP contribution is -2.36. The van der Waals surface area contributed by atoms with Crippen LogP contribution < -0.4 is 21.9 Å². The summed E-state index contributed by atoms with van der Waals surface area (Å²) in [7, 11) is 0. The van der Waals surface area contributed by atoms with Gasteiger partial charge in [0.15, 0.2) is 0 Å². The number of aryl methyl sites for hydroxylation is 1. The molecule has 8 nitrogen and oxygen atoms in total. The molecule has 35 heavy (non-hydrogen) atoms. The number of hydrogen-bond donors (Lipinski definition) is 4. The largest absolute Gasteiger partial charge is 0.480 e. The Bertz CT molecular complexity index is 1180. The van der Waals surface area contributed by atoms with Crippen LogP contribution in [0.3, 0.4) is 0 Å². The fourth-order valence-corrected chi connectivity index (χ4v) is 3.37. The Hall–Kier alpha value is -4.33. The van der Waals surface area contributed by atoms with Crippen molar-refractivity contribution in [2.24, 2.45) is 5.73 Å². The number of pyridine rings is 1. The van der Waals surface area contributed by atoms with E-state index in [4.69, 9.17) is 10.8 Å². The molecule has 184 valence electrons. The minimum atomic E-state index is -1.04. The van der Waals surface area contributed by atoms with Crippen molar-refractivity contribution in [3.63, 3.8) is 0 Å². The molecule has 3 rings (SSSR count). The van der Waals surface area contributed by atoms with Crippen LogP contribution >= 0.6 is 0 Å². The Morgan fingerprint density at radius 2 is 1.83 bits per heavy atom. The summed E-state index contributed by atoms with van der Waals surface area (Å²) in [6.07, 6.45) is 3.17. The lowest BCUT2D eigenvalue weighted by atomic mass is 10.0. The van der Waals surface area contributed by atoms with Gasteiger partial charge >= 0.3 is 5.97 Å². The second kappa shape index (κ2) is 14.0. The molecule has 1 unspecified atom stereocenters. The van der Waals surface area contributed by atoms with Crippen molar-refractivity contribution in [3.05, 3.63) is 107 Å². The predicted octanol–water partition coefficient (Wildman–Crippen LogP) is 2.86. The summed E-state index contributed by atoms with van der Waals surface area (Å²) >= 11 is 0. The highest BCUT2D eigenvalue weighted by atomic mass is 16.4. The van der Waals surface area contributed by atoms with Crippen LogP contribution in [0.1, 0.15) is 24.0 Å². The van der Waals surface area contributed by atoms with Crippen LogP contribution in [-0.4, -0.2) is 34.6 Å². The fraction of sp³-hybridized carbons (Fsp3) is 0.222. The Kier molecular flexibility index (Phi) is 10.8. The third kappa shape index (κ3) is 9.21. The lowest BCUT2D eigenvalue weighted by molar-refractivity contribution is -0.140. The average molecular weight is 477 g/mol. The molecule has 0 aliphatic carbocycles. The number of nitrogens with zero attached hydrogens (tertiary/aromatic N) is 1. The number of aliphatic carboxylic acids is 1. The zero-order chi connectivity index (χ0) is 25.6. The molecule has 0 radical (unpaired) electrons. The zero-order valence-corrected chi connectivity index (χ0v) is 19.8. The van der Waals surface area contributed by atoms with Gasteiger partial charge in [-0.1, -0.05) is 61.2 Å². The summed E-state index contributed by atoms with van der Waals surface area (Å²) in [4.78, 5) is 32.7. The van der Waals surface area contributed by atoms with Gasteiger partial charge in [-0.3, -0.25) is 9.59 Å². The number of nitrogens with one attached hydrogen (secondary N) is 2. The topological polar surface area (TPSA) is 126 Å². The first-order valence-electron chi connectivity index (χ1n) is 11.2. The number of nitrogens with two attached hydrogens (primary N) is 1. The number of aromatic nitrogens is 1. The average Bonchev–Trinajstić information content (AvgIpc) is 2.85. The quantitative estimate of drug-likeness (QED) is 0.249. The number of carboxylic acids is 1. The van der Waals surface area contributed by atoms with E-state index in [1.54, 1.807) is 4.57 Å². The van der Waals surface area contributed by atoms with E-state index in [9.17, 15) is 14.4 Å². The number of carboxylic acid groups (broad SMARTS) is 1. The lowest BCUT2D eigenvalue weighted by Gasteiger charge is -2.11. The highest BCUT2D eigenvalue weighted by Gasteiger charge is 2.14. The summed E-state index contributed by atoms with van der Waals surface area (Å²) < 4.78 is 1.75. The van der Waals surface area contributed by atoms with Crippen LogP contribution in [-0.2, 0) is 16.1 Å². The summed E-state index contributed by atoms with van der Waals surface area (Å²) in [5.41, 5.74) is 9.57. The molecule has 1 amide bonds. The van der Waals surface area contributed by atoms with Gasteiger partial charge in [0.05, 0.1) is 12.4 Å². The number of rotatable bonds is 11. The monoisotopic (exact) mass is 476 g/mol. The molecule has 0 saturated heterocycles. The standard InChI is InChI=1S/C19H17NO.C8H15N3O3/c1-15-7-6-12-20(19(15)21)14-16-8-5-11-18(13-16)17-9-3-2-4-10-17;1-6(9)10-4-2-3-7(8(13)14)11-5-12/h2-13H,14H2,1H3;5,7,10H,1-4,9H2,(H,11,12)(H,13,14). The third-order valence-corrected chi connectivity index (χ3v) is 5.19. The normalized spacial score (nSPS) is 10.9. The van der Waals surface area contributed by atoms with Crippen molar-refractivity contribution in [2.45, 2.75) is 32.4 Å². The van der Waals surface area contributed by atoms with E-state index in [1.165, 1.54) is 11.1 Å². The van der Waals surface area contributed by atoms with Crippen LogP contribution in [0.5, 0.6) is 0 Å². The van der Waals surface area contributed by atoms with E-state index in [2.05, 4.69) is 47.5 Å². The van der Waals surface area contributed by atoms with Crippen molar-refractivity contribution >= 4 is 12.4 Å². The minimum absolute atomic E-state index is 0.0719. The van der Waals surface area contributed by atoms with Gasteiger partial charge in [0.1, 0.15) is 6.04 Å². The number of carbonyl (C=O) groups excluding carboxylic acids is 1. The van der Waals surface area contributed by atoms with Gasteiger partial charge < -0.3 is 26.0 Å².